The average Bonchev–Trinajstić information content (AvgIpc) is 2.09. The molecule has 0 radical (unpaired) electrons. The van der Waals surface area contributed by atoms with Gasteiger partial charge in [0.2, 0.25) is 0 Å². The Morgan fingerprint density at radius 2 is 2.08 bits per heavy atom. The Labute approximate surface area is 74.9 Å². The van der Waals surface area contributed by atoms with Crippen LogP contribution in [0.4, 0.5) is 0 Å². The molecule has 0 aliphatic carbocycles. The molecule has 0 bridgehead atoms. The molecule has 1 saturated heterocycles. The second-order valence-corrected chi connectivity index (χ2v) is 3.53. The lowest BCUT2D eigenvalue weighted by Gasteiger charge is -2.31. The zero-order chi connectivity index (χ0) is 8.81. The van der Waals surface area contributed by atoms with Crippen molar-refractivity contribution in [1.29, 1.82) is 0 Å². The van der Waals surface area contributed by atoms with Crippen LogP contribution in [0.3, 0.4) is 0 Å². The summed E-state index contributed by atoms with van der Waals surface area (Å²) in [4.78, 5) is 2.44. The standard InChI is InChI=1S/C9H20N2O/c1-12-8-9-2-5-11(6-3-9)7-4-10/h9H,2-8,10H2,1H3. The third-order valence-electron chi connectivity index (χ3n) is 2.55. The minimum atomic E-state index is 0.782. The summed E-state index contributed by atoms with van der Waals surface area (Å²) in [5.74, 6) is 0.782. The summed E-state index contributed by atoms with van der Waals surface area (Å²) in [7, 11) is 1.78. The fraction of sp³-hybridized carbons (Fsp3) is 1.00. The minimum absolute atomic E-state index is 0.782. The molecule has 2 N–H and O–H groups in total. The maximum atomic E-state index is 5.49. The lowest BCUT2D eigenvalue weighted by atomic mass is 9.98. The van der Waals surface area contributed by atoms with E-state index in [0.29, 0.717) is 0 Å². The highest BCUT2D eigenvalue weighted by Gasteiger charge is 2.17. The topological polar surface area (TPSA) is 38.5 Å². The van der Waals surface area contributed by atoms with E-state index in [1.165, 1.54) is 25.9 Å². The van der Waals surface area contributed by atoms with Crippen LogP contribution >= 0.6 is 0 Å². The Bertz CT molecular complexity index is 97.1. The number of piperidine rings is 1. The highest BCUT2D eigenvalue weighted by Crippen LogP contribution is 2.16. The zero-order valence-corrected chi connectivity index (χ0v) is 7.96. The summed E-state index contributed by atoms with van der Waals surface area (Å²) < 4.78 is 5.13. The van der Waals surface area contributed by atoms with Gasteiger partial charge in [-0.3, -0.25) is 0 Å². The van der Waals surface area contributed by atoms with Crippen LogP contribution in [-0.2, 0) is 4.74 Å². The van der Waals surface area contributed by atoms with E-state index in [1.807, 2.05) is 0 Å². The van der Waals surface area contributed by atoms with Crippen LogP contribution in [0.5, 0.6) is 0 Å². The zero-order valence-electron chi connectivity index (χ0n) is 7.96. The number of methoxy groups -OCH3 is 1. The summed E-state index contributed by atoms with van der Waals surface area (Å²) in [6.07, 6.45) is 2.54. The highest BCUT2D eigenvalue weighted by atomic mass is 16.5. The molecule has 0 saturated carbocycles. The van der Waals surface area contributed by atoms with Crippen LogP contribution in [0.2, 0.25) is 0 Å². The molecule has 0 amide bonds. The smallest absolute Gasteiger partial charge is 0.0491 e. The number of rotatable bonds is 4. The van der Waals surface area contributed by atoms with Crippen molar-refractivity contribution in [2.24, 2.45) is 11.7 Å². The first-order valence-electron chi connectivity index (χ1n) is 4.78. The molecule has 0 spiro atoms. The fourth-order valence-electron chi connectivity index (χ4n) is 1.79. The maximum absolute atomic E-state index is 5.49. The Morgan fingerprint density at radius 1 is 1.42 bits per heavy atom. The summed E-state index contributed by atoms with van der Waals surface area (Å²) in [5.41, 5.74) is 5.49. The maximum Gasteiger partial charge on any atom is 0.0491 e. The molecule has 72 valence electrons. The van der Waals surface area contributed by atoms with Crippen molar-refractivity contribution in [3.05, 3.63) is 0 Å². The molecular weight excluding hydrogens is 152 g/mol. The molecule has 1 aliphatic heterocycles. The van der Waals surface area contributed by atoms with Crippen molar-refractivity contribution in [3.8, 4) is 0 Å². The molecule has 1 aliphatic rings. The molecule has 0 aromatic carbocycles. The van der Waals surface area contributed by atoms with Crippen molar-refractivity contribution in [2.45, 2.75) is 12.8 Å². The molecule has 0 unspecified atom stereocenters. The molecule has 0 atom stereocenters. The monoisotopic (exact) mass is 172 g/mol. The highest BCUT2D eigenvalue weighted by molar-refractivity contribution is 4.71. The Morgan fingerprint density at radius 3 is 2.58 bits per heavy atom. The van der Waals surface area contributed by atoms with E-state index in [1.54, 1.807) is 7.11 Å². The third-order valence-corrected chi connectivity index (χ3v) is 2.55. The van der Waals surface area contributed by atoms with E-state index >= 15 is 0 Å². The van der Waals surface area contributed by atoms with Crippen LogP contribution in [0.25, 0.3) is 0 Å². The number of nitrogens with zero attached hydrogens (tertiary/aromatic N) is 1. The minimum Gasteiger partial charge on any atom is -0.384 e. The van der Waals surface area contributed by atoms with Crippen LogP contribution in [0.15, 0.2) is 0 Å². The van der Waals surface area contributed by atoms with E-state index in [4.69, 9.17) is 10.5 Å². The number of hydrogen-bond donors (Lipinski definition) is 1. The van der Waals surface area contributed by atoms with Gasteiger partial charge in [0, 0.05) is 26.8 Å². The summed E-state index contributed by atoms with van der Waals surface area (Å²) in [5, 5.41) is 0. The van der Waals surface area contributed by atoms with Crippen molar-refractivity contribution in [1.82, 2.24) is 4.90 Å². The predicted molar refractivity (Wildman–Crippen MR) is 50.1 cm³/mol. The van der Waals surface area contributed by atoms with Crippen molar-refractivity contribution >= 4 is 0 Å². The first kappa shape index (κ1) is 9.96. The van der Waals surface area contributed by atoms with E-state index in [9.17, 15) is 0 Å². The van der Waals surface area contributed by atoms with Crippen molar-refractivity contribution < 1.29 is 4.74 Å². The van der Waals surface area contributed by atoms with Gasteiger partial charge in [0.05, 0.1) is 0 Å². The largest absolute Gasteiger partial charge is 0.384 e. The van der Waals surface area contributed by atoms with Gasteiger partial charge in [-0.15, -0.1) is 0 Å². The van der Waals surface area contributed by atoms with Crippen molar-refractivity contribution in [3.63, 3.8) is 0 Å². The van der Waals surface area contributed by atoms with Gasteiger partial charge in [-0.2, -0.15) is 0 Å². The predicted octanol–water partition coefficient (Wildman–Crippen LogP) is 0.304. The Kier molecular flexibility index (Phi) is 4.58. The molecular formula is C9H20N2O. The average molecular weight is 172 g/mol. The van der Waals surface area contributed by atoms with Crippen LogP contribution in [0, 0.1) is 5.92 Å². The van der Waals surface area contributed by atoms with Gasteiger partial charge in [-0.1, -0.05) is 0 Å². The second-order valence-electron chi connectivity index (χ2n) is 3.53. The van der Waals surface area contributed by atoms with Crippen LogP contribution in [0.1, 0.15) is 12.8 Å². The van der Waals surface area contributed by atoms with E-state index in [2.05, 4.69) is 4.90 Å². The first-order chi connectivity index (χ1) is 5.86. The first-order valence-corrected chi connectivity index (χ1v) is 4.78. The summed E-state index contributed by atoms with van der Waals surface area (Å²) >= 11 is 0. The molecule has 0 aromatic heterocycles. The molecule has 0 aromatic rings. The van der Waals surface area contributed by atoms with Gasteiger partial charge in [0.25, 0.3) is 0 Å². The van der Waals surface area contributed by atoms with Gasteiger partial charge in [0.15, 0.2) is 0 Å². The molecule has 1 heterocycles. The number of ether oxygens (including phenoxy) is 1. The molecule has 3 nitrogen and oxygen atoms in total. The van der Waals surface area contributed by atoms with Crippen molar-refractivity contribution in [2.75, 3.05) is 39.9 Å². The van der Waals surface area contributed by atoms with Crippen LogP contribution < -0.4 is 5.73 Å². The Hall–Kier alpha value is -0.120. The van der Waals surface area contributed by atoms with Gasteiger partial charge < -0.3 is 15.4 Å². The quantitative estimate of drug-likeness (QED) is 0.663. The molecule has 3 heteroatoms. The summed E-state index contributed by atoms with van der Waals surface area (Å²) in [6, 6.07) is 0. The molecule has 1 fully saturated rings. The number of hydrogen-bond acceptors (Lipinski definition) is 3. The van der Waals surface area contributed by atoms with Gasteiger partial charge in [0.1, 0.15) is 0 Å². The molecule has 1 rings (SSSR count). The normalized spacial score (nSPS) is 21.5. The van der Waals surface area contributed by atoms with Crippen LogP contribution in [-0.4, -0.2) is 44.8 Å². The van der Waals surface area contributed by atoms with E-state index in [0.717, 1.165) is 25.6 Å². The SMILES string of the molecule is COCC1CCN(CCN)CC1. The number of likely N-dealkylation sites (tertiary alicyclic amines) is 1. The molecule has 12 heavy (non-hydrogen) atoms. The summed E-state index contributed by atoms with van der Waals surface area (Å²) in [6.45, 7) is 5.17. The van der Waals surface area contributed by atoms with E-state index in [-0.39, 0.29) is 0 Å². The van der Waals surface area contributed by atoms with Gasteiger partial charge in [-0.25, -0.2) is 0 Å². The lowest BCUT2D eigenvalue weighted by molar-refractivity contribution is 0.101. The van der Waals surface area contributed by atoms with Gasteiger partial charge in [-0.05, 0) is 31.8 Å². The van der Waals surface area contributed by atoms with Gasteiger partial charge >= 0.3 is 0 Å². The lowest BCUT2D eigenvalue weighted by Crippen LogP contribution is -2.37. The van der Waals surface area contributed by atoms with E-state index < -0.39 is 0 Å². The second kappa shape index (κ2) is 5.51. The Balaban J connectivity index is 2.11. The number of nitrogens with two attached hydrogens (primary N) is 1. The fourth-order valence-corrected chi connectivity index (χ4v) is 1.79. The third kappa shape index (κ3) is 3.09.